The SMILES string of the molecule is c1ccc(-c2ccc(N(c3ccc(-c4cccc5ccccc45)cc3)c3ccc4c(ccc5c4c4ccccc4n5-c4ccccc4)c3)cc2)cc1.c1ccc(-c2ccc(N(c3ccc4c(ccc5c4c4ccccc4n5-c4ccccc4)c3)c3ccc(-c4ccccc4)c4ccccc34)cc2)cc1. The van der Waals surface area contributed by atoms with Gasteiger partial charge in [-0.2, -0.15) is 0 Å². The highest BCUT2D eigenvalue weighted by Crippen LogP contribution is 2.47. The van der Waals surface area contributed by atoms with Gasteiger partial charge < -0.3 is 18.9 Å². The summed E-state index contributed by atoms with van der Waals surface area (Å²) in [5.74, 6) is 0. The van der Waals surface area contributed by atoms with Gasteiger partial charge >= 0.3 is 0 Å². The molecule has 0 unspecified atom stereocenters. The van der Waals surface area contributed by atoms with E-state index in [1.807, 2.05) is 0 Å². The molecule has 0 bridgehead atoms. The predicted molar refractivity (Wildman–Crippen MR) is 443 cm³/mol. The summed E-state index contributed by atoms with van der Waals surface area (Å²) in [6.45, 7) is 0. The molecule has 0 spiro atoms. The van der Waals surface area contributed by atoms with Crippen molar-refractivity contribution < 1.29 is 0 Å². The van der Waals surface area contributed by atoms with Gasteiger partial charge in [0.05, 0.1) is 27.8 Å². The van der Waals surface area contributed by atoms with Gasteiger partial charge in [-0.3, -0.25) is 0 Å². The van der Waals surface area contributed by atoms with Crippen molar-refractivity contribution in [3.8, 4) is 55.9 Å². The van der Waals surface area contributed by atoms with Crippen molar-refractivity contribution in [3.05, 3.63) is 413 Å². The van der Waals surface area contributed by atoms with E-state index in [-0.39, 0.29) is 0 Å². The van der Waals surface area contributed by atoms with Crippen LogP contribution in [0.25, 0.3) is 143 Å². The molecule has 0 N–H and O–H groups in total. The average Bonchev–Trinajstić information content (AvgIpc) is 1.56. The average molecular weight is 1330 g/mol. The van der Waals surface area contributed by atoms with E-state index in [0.717, 1.165) is 34.1 Å². The molecule has 18 aromatic carbocycles. The Labute approximate surface area is 604 Å². The molecule has 0 aliphatic carbocycles. The molecule has 0 saturated carbocycles. The number of para-hydroxylation sites is 4. The molecule has 2 aromatic heterocycles. The molecule has 0 saturated heterocycles. The fourth-order valence-electron chi connectivity index (χ4n) is 15.9. The summed E-state index contributed by atoms with van der Waals surface area (Å²) in [5, 5.41) is 14.9. The Bertz CT molecular complexity index is 6540. The van der Waals surface area contributed by atoms with Crippen molar-refractivity contribution >= 4 is 121 Å². The molecule has 104 heavy (non-hydrogen) atoms. The van der Waals surface area contributed by atoms with Gasteiger partial charge in [-0.05, 0) is 197 Å². The van der Waals surface area contributed by atoms with Gasteiger partial charge in [0.2, 0.25) is 0 Å². The van der Waals surface area contributed by atoms with Gasteiger partial charge in [0.25, 0.3) is 0 Å². The van der Waals surface area contributed by atoms with E-state index in [1.165, 1.54) is 143 Å². The summed E-state index contributed by atoms with van der Waals surface area (Å²) in [4.78, 5) is 4.79. The van der Waals surface area contributed by atoms with Crippen molar-refractivity contribution in [1.29, 1.82) is 0 Å². The molecule has 488 valence electrons. The number of nitrogens with zero attached hydrogens (tertiary/aromatic N) is 4. The highest BCUT2D eigenvalue weighted by molar-refractivity contribution is 6.23. The summed E-state index contributed by atoms with van der Waals surface area (Å²) >= 11 is 0. The van der Waals surface area contributed by atoms with Gasteiger partial charge in [-0.1, -0.05) is 297 Å². The Morgan fingerprint density at radius 3 is 1.04 bits per heavy atom. The Balaban J connectivity index is 0.000000143. The van der Waals surface area contributed by atoms with Gasteiger partial charge in [-0.25, -0.2) is 0 Å². The summed E-state index contributed by atoms with van der Waals surface area (Å²) in [6.07, 6.45) is 0. The van der Waals surface area contributed by atoms with E-state index in [4.69, 9.17) is 0 Å². The molecule has 0 fully saturated rings. The minimum Gasteiger partial charge on any atom is -0.310 e. The lowest BCUT2D eigenvalue weighted by atomic mass is 9.96. The lowest BCUT2D eigenvalue weighted by Crippen LogP contribution is -2.10. The summed E-state index contributed by atoms with van der Waals surface area (Å²) in [7, 11) is 0. The highest BCUT2D eigenvalue weighted by Gasteiger charge is 2.23. The van der Waals surface area contributed by atoms with Crippen LogP contribution < -0.4 is 9.80 Å². The second kappa shape index (κ2) is 26.4. The maximum absolute atomic E-state index is 2.42. The Morgan fingerprint density at radius 1 is 0.173 bits per heavy atom. The van der Waals surface area contributed by atoms with E-state index in [2.05, 4.69) is 431 Å². The molecule has 0 atom stereocenters. The highest BCUT2D eigenvalue weighted by atomic mass is 15.1. The van der Waals surface area contributed by atoms with Crippen LogP contribution in [0.3, 0.4) is 0 Å². The number of anilines is 6. The van der Waals surface area contributed by atoms with E-state index in [1.54, 1.807) is 0 Å². The molecule has 0 amide bonds. The topological polar surface area (TPSA) is 16.3 Å². The molecule has 4 heteroatoms. The third-order valence-electron chi connectivity index (χ3n) is 20.7. The van der Waals surface area contributed by atoms with Crippen LogP contribution >= 0.6 is 0 Å². The number of hydrogen-bond acceptors (Lipinski definition) is 2. The van der Waals surface area contributed by atoms with Crippen LogP contribution in [0.2, 0.25) is 0 Å². The third-order valence-corrected chi connectivity index (χ3v) is 20.7. The lowest BCUT2D eigenvalue weighted by molar-refractivity contribution is 1.18. The molecule has 20 rings (SSSR count). The van der Waals surface area contributed by atoms with Crippen molar-refractivity contribution in [2.45, 2.75) is 0 Å². The normalized spacial score (nSPS) is 11.5. The van der Waals surface area contributed by atoms with Crippen molar-refractivity contribution in [2.75, 3.05) is 9.80 Å². The minimum absolute atomic E-state index is 1.11. The van der Waals surface area contributed by atoms with E-state index in [9.17, 15) is 0 Å². The number of hydrogen-bond donors (Lipinski definition) is 0. The van der Waals surface area contributed by atoms with Gasteiger partial charge in [0.1, 0.15) is 0 Å². The molecule has 4 nitrogen and oxygen atoms in total. The first-order valence-electron chi connectivity index (χ1n) is 35.7. The van der Waals surface area contributed by atoms with Crippen molar-refractivity contribution in [1.82, 2.24) is 9.13 Å². The standard InChI is InChI=1S/2C50H34N2/c1-4-14-35(15-5-1)36-24-27-40(28-25-36)51(48-33-31-42(37-16-6-2-7-17-37)44-20-10-11-21-45(44)48)41-29-30-43-38(34-41)26-32-49-50(43)46-22-12-13-23-47(46)52(49)39-18-8-3-9-19-39;1-3-12-35(13-4-1)36-22-27-41(28-23-36)51(42-29-24-38(25-30-42)45-20-11-15-37-14-7-8-18-44(37)45)43-31-32-46-39(34-43)26-33-49-50(46)47-19-9-10-21-48(47)52(49)40-16-5-2-6-17-40/h2*1-34H. The van der Waals surface area contributed by atoms with Crippen LogP contribution in [0.5, 0.6) is 0 Å². The summed E-state index contributed by atoms with van der Waals surface area (Å²) in [5.41, 5.74) is 23.6. The first-order chi connectivity index (χ1) is 51.6. The van der Waals surface area contributed by atoms with Gasteiger partial charge in [0, 0.05) is 66.7 Å². The van der Waals surface area contributed by atoms with E-state index in [0.29, 0.717) is 0 Å². The fraction of sp³-hybridized carbons (Fsp3) is 0. The maximum atomic E-state index is 2.42. The molecular weight excluding hydrogens is 1260 g/mol. The first-order valence-corrected chi connectivity index (χ1v) is 35.7. The molecule has 0 aliphatic heterocycles. The van der Waals surface area contributed by atoms with Gasteiger partial charge in [-0.15, -0.1) is 0 Å². The van der Waals surface area contributed by atoms with E-state index >= 15 is 0 Å². The predicted octanol–water partition coefficient (Wildman–Crippen LogP) is 27.8. The van der Waals surface area contributed by atoms with Crippen LogP contribution in [-0.4, -0.2) is 9.13 Å². The van der Waals surface area contributed by atoms with Crippen LogP contribution in [0.4, 0.5) is 34.1 Å². The second-order valence-corrected chi connectivity index (χ2v) is 26.7. The zero-order valence-corrected chi connectivity index (χ0v) is 57.0. The molecule has 0 radical (unpaired) electrons. The third kappa shape index (κ3) is 11.0. The fourth-order valence-corrected chi connectivity index (χ4v) is 15.9. The minimum atomic E-state index is 1.11. The number of benzene rings is 18. The Kier molecular flexibility index (Phi) is 15.5. The Hall–Kier alpha value is -13.8. The molecular formula is C100H68N4. The van der Waals surface area contributed by atoms with Crippen LogP contribution in [0.1, 0.15) is 0 Å². The summed E-state index contributed by atoms with van der Waals surface area (Å²) in [6, 6.07) is 149. The molecule has 0 aliphatic rings. The van der Waals surface area contributed by atoms with Crippen LogP contribution in [0.15, 0.2) is 413 Å². The number of rotatable bonds is 12. The van der Waals surface area contributed by atoms with Crippen LogP contribution in [0, 0.1) is 0 Å². The van der Waals surface area contributed by atoms with E-state index < -0.39 is 0 Å². The maximum Gasteiger partial charge on any atom is 0.0547 e. The first kappa shape index (κ1) is 61.3. The quantitative estimate of drug-likeness (QED) is 0.121. The number of aromatic nitrogens is 2. The molecule has 2 heterocycles. The van der Waals surface area contributed by atoms with Crippen LogP contribution in [-0.2, 0) is 0 Å². The lowest BCUT2D eigenvalue weighted by Gasteiger charge is -2.28. The Morgan fingerprint density at radius 2 is 0.529 bits per heavy atom. The smallest absolute Gasteiger partial charge is 0.0547 e. The van der Waals surface area contributed by atoms with Crippen molar-refractivity contribution in [3.63, 3.8) is 0 Å². The second-order valence-electron chi connectivity index (χ2n) is 26.7. The zero-order chi connectivity index (χ0) is 68.9. The molecule has 20 aromatic rings. The largest absolute Gasteiger partial charge is 0.310 e. The van der Waals surface area contributed by atoms with Crippen molar-refractivity contribution in [2.24, 2.45) is 0 Å². The monoisotopic (exact) mass is 1320 g/mol. The zero-order valence-electron chi connectivity index (χ0n) is 57.0. The number of fused-ring (bicyclic) bond motifs is 12. The summed E-state index contributed by atoms with van der Waals surface area (Å²) < 4.78 is 4.77. The van der Waals surface area contributed by atoms with Gasteiger partial charge in [0.15, 0.2) is 0 Å².